The number of halogens is 1. The van der Waals surface area contributed by atoms with Gasteiger partial charge in [-0.15, -0.1) is 0 Å². The number of nitrogens with zero attached hydrogens (tertiary/aromatic N) is 3. The van der Waals surface area contributed by atoms with Crippen LogP contribution in [0.1, 0.15) is 0 Å². The molecule has 0 aliphatic carbocycles. The van der Waals surface area contributed by atoms with E-state index in [1.54, 1.807) is 17.5 Å². The molecule has 2 heterocycles. The molecule has 0 saturated carbocycles. The fourth-order valence-corrected chi connectivity index (χ4v) is 2.87. The first-order valence-electron chi connectivity index (χ1n) is 5.83. The number of benzene rings is 1. The van der Waals surface area contributed by atoms with Crippen molar-refractivity contribution in [1.29, 1.82) is 0 Å². The third-order valence-corrected chi connectivity index (χ3v) is 4.08. The van der Waals surface area contributed by atoms with Crippen molar-refractivity contribution in [2.45, 2.75) is 0 Å². The average molecular weight is 290 g/mol. The number of anilines is 1. The molecule has 0 aliphatic rings. The third-order valence-electron chi connectivity index (χ3n) is 2.84. The Kier molecular flexibility index (Phi) is 3.12. The van der Waals surface area contributed by atoms with E-state index in [2.05, 4.69) is 39.1 Å². The third kappa shape index (κ3) is 2.41. The first-order chi connectivity index (χ1) is 9.13. The summed E-state index contributed by atoms with van der Waals surface area (Å²) in [7, 11) is 4.05. The van der Waals surface area contributed by atoms with E-state index in [1.165, 1.54) is 5.69 Å². The van der Waals surface area contributed by atoms with Gasteiger partial charge >= 0.3 is 0 Å². The van der Waals surface area contributed by atoms with Crippen LogP contribution < -0.4 is 4.90 Å². The van der Waals surface area contributed by atoms with Crippen LogP contribution in [0.2, 0.25) is 5.02 Å². The van der Waals surface area contributed by atoms with Gasteiger partial charge in [-0.2, -0.15) is 0 Å². The molecule has 5 heteroatoms. The van der Waals surface area contributed by atoms with Gasteiger partial charge in [0, 0.05) is 31.5 Å². The molecule has 0 amide bonds. The highest BCUT2D eigenvalue weighted by Gasteiger charge is 2.08. The molecule has 3 aromatic rings. The van der Waals surface area contributed by atoms with Gasteiger partial charge in [0.15, 0.2) is 0 Å². The molecule has 0 spiro atoms. The summed E-state index contributed by atoms with van der Waals surface area (Å²) < 4.78 is 0. The van der Waals surface area contributed by atoms with Gasteiger partial charge in [0.1, 0.15) is 15.4 Å². The molecule has 3 nitrogen and oxygen atoms in total. The predicted octanol–water partition coefficient (Wildman–Crippen LogP) is 4.08. The first kappa shape index (κ1) is 12.4. The van der Waals surface area contributed by atoms with Crippen LogP contribution in [-0.2, 0) is 0 Å². The molecule has 1 aromatic carbocycles. The zero-order valence-electron chi connectivity index (χ0n) is 10.6. The molecular formula is C14H12ClN3S. The van der Waals surface area contributed by atoms with Crippen molar-refractivity contribution in [2.75, 3.05) is 19.0 Å². The van der Waals surface area contributed by atoms with E-state index in [1.807, 2.05) is 20.2 Å². The summed E-state index contributed by atoms with van der Waals surface area (Å²) >= 11 is 7.51. The summed E-state index contributed by atoms with van der Waals surface area (Å²) in [6, 6.07) is 10.2. The molecule has 0 bridgehead atoms. The zero-order chi connectivity index (χ0) is 13.4. The first-order valence-corrected chi connectivity index (χ1v) is 7.03. The van der Waals surface area contributed by atoms with E-state index in [0.717, 1.165) is 20.9 Å². The second kappa shape index (κ2) is 4.79. The van der Waals surface area contributed by atoms with Gasteiger partial charge in [-0.1, -0.05) is 22.9 Å². The standard InChI is InChI=1S/C14H12ClN3S/c1-18(2)11-5-3-9(4-6-11)13-17-12-7-10(15)8-16-14(12)19-13/h3-8H,1-2H3. The van der Waals surface area contributed by atoms with Crippen LogP contribution in [0.4, 0.5) is 5.69 Å². The lowest BCUT2D eigenvalue weighted by molar-refractivity contribution is 1.13. The lowest BCUT2D eigenvalue weighted by Crippen LogP contribution is -2.07. The Morgan fingerprint density at radius 3 is 2.58 bits per heavy atom. The highest BCUT2D eigenvalue weighted by atomic mass is 35.5. The second-order valence-electron chi connectivity index (χ2n) is 4.44. The van der Waals surface area contributed by atoms with Crippen molar-refractivity contribution in [3.8, 4) is 10.6 Å². The van der Waals surface area contributed by atoms with E-state index in [9.17, 15) is 0 Å². The Balaban J connectivity index is 2.03. The van der Waals surface area contributed by atoms with E-state index in [0.29, 0.717) is 5.02 Å². The summed E-state index contributed by atoms with van der Waals surface area (Å²) in [5, 5.41) is 1.59. The Labute approximate surface area is 120 Å². The summed E-state index contributed by atoms with van der Waals surface area (Å²) in [6.45, 7) is 0. The largest absolute Gasteiger partial charge is 0.378 e. The van der Waals surface area contributed by atoms with Gasteiger partial charge in [-0.3, -0.25) is 0 Å². The van der Waals surface area contributed by atoms with Crippen LogP contribution in [0.5, 0.6) is 0 Å². The fraction of sp³-hybridized carbons (Fsp3) is 0.143. The second-order valence-corrected chi connectivity index (χ2v) is 5.85. The Bertz CT molecular complexity index is 719. The van der Waals surface area contributed by atoms with E-state index in [4.69, 9.17) is 11.6 Å². The van der Waals surface area contributed by atoms with E-state index >= 15 is 0 Å². The molecule has 0 radical (unpaired) electrons. The quantitative estimate of drug-likeness (QED) is 0.712. The SMILES string of the molecule is CN(C)c1ccc(-c2nc3cc(Cl)cnc3s2)cc1. The maximum absolute atomic E-state index is 5.93. The number of thiazole rings is 1. The van der Waals surface area contributed by atoms with Crippen LogP contribution in [0, 0.1) is 0 Å². The molecule has 0 aliphatic heterocycles. The Morgan fingerprint density at radius 2 is 1.89 bits per heavy atom. The van der Waals surface area contributed by atoms with Crippen LogP contribution in [0.25, 0.3) is 20.9 Å². The van der Waals surface area contributed by atoms with Crippen molar-refractivity contribution in [3.63, 3.8) is 0 Å². The highest BCUT2D eigenvalue weighted by Crippen LogP contribution is 2.30. The number of fused-ring (bicyclic) bond motifs is 1. The zero-order valence-corrected chi connectivity index (χ0v) is 12.2. The van der Waals surface area contributed by atoms with Crippen molar-refractivity contribution < 1.29 is 0 Å². The highest BCUT2D eigenvalue weighted by molar-refractivity contribution is 7.21. The number of aromatic nitrogens is 2. The van der Waals surface area contributed by atoms with Crippen LogP contribution in [-0.4, -0.2) is 24.1 Å². The van der Waals surface area contributed by atoms with Gasteiger partial charge in [0.05, 0.1) is 5.02 Å². The van der Waals surface area contributed by atoms with Gasteiger partial charge in [-0.05, 0) is 30.3 Å². The van der Waals surface area contributed by atoms with Crippen molar-refractivity contribution in [3.05, 3.63) is 41.6 Å². The maximum atomic E-state index is 5.93. The van der Waals surface area contributed by atoms with Crippen LogP contribution in [0.3, 0.4) is 0 Å². The molecule has 0 N–H and O–H groups in total. The van der Waals surface area contributed by atoms with E-state index in [-0.39, 0.29) is 0 Å². The fourth-order valence-electron chi connectivity index (χ4n) is 1.82. The Hall–Kier alpha value is -1.65. The minimum absolute atomic E-state index is 0.618. The number of pyridine rings is 1. The minimum Gasteiger partial charge on any atom is -0.378 e. The average Bonchev–Trinajstić information content (AvgIpc) is 2.81. The maximum Gasteiger partial charge on any atom is 0.143 e. The van der Waals surface area contributed by atoms with E-state index < -0.39 is 0 Å². The monoisotopic (exact) mass is 289 g/mol. The van der Waals surface area contributed by atoms with Gasteiger partial charge in [0.2, 0.25) is 0 Å². The summed E-state index contributed by atoms with van der Waals surface area (Å²) in [5.41, 5.74) is 3.12. The molecule has 3 rings (SSSR count). The van der Waals surface area contributed by atoms with Gasteiger partial charge < -0.3 is 4.90 Å². The van der Waals surface area contributed by atoms with Crippen LogP contribution >= 0.6 is 22.9 Å². The predicted molar refractivity (Wildman–Crippen MR) is 82.2 cm³/mol. The summed E-state index contributed by atoms with van der Waals surface area (Å²) in [5.74, 6) is 0. The molecule has 96 valence electrons. The lowest BCUT2D eigenvalue weighted by Gasteiger charge is -2.11. The van der Waals surface area contributed by atoms with Gasteiger partial charge in [0.25, 0.3) is 0 Å². The smallest absolute Gasteiger partial charge is 0.143 e. The minimum atomic E-state index is 0.618. The summed E-state index contributed by atoms with van der Waals surface area (Å²) in [4.78, 5) is 11.9. The molecule has 19 heavy (non-hydrogen) atoms. The molecule has 0 atom stereocenters. The molecule has 0 saturated heterocycles. The molecule has 0 unspecified atom stereocenters. The van der Waals surface area contributed by atoms with Crippen LogP contribution in [0.15, 0.2) is 36.5 Å². The number of hydrogen-bond acceptors (Lipinski definition) is 4. The normalized spacial score (nSPS) is 10.9. The molecule has 2 aromatic heterocycles. The van der Waals surface area contributed by atoms with Crippen molar-refractivity contribution in [2.24, 2.45) is 0 Å². The lowest BCUT2D eigenvalue weighted by atomic mass is 10.2. The molecular weight excluding hydrogens is 278 g/mol. The number of rotatable bonds is 2. The van der Waals surface area contributed by atoms with Crippen molar-refractivity contribution >= 4 is 39.0 Å². The van der Waals surface area contributed by atoms with Gasteiger partial charge in [-0.25, -0.2) is 9.97 Å². The molecule has 0 fully saturated rings. The Morgan fingerprint density at radius 1 is 1.16 bits per heavy atom. The topological polar surface area (TPSA) is 29.0 Å². The number of hydrogen-bond donors (Lipinski definition) is 0. The van der Waals surface area contributed by atoms with Crippen molar-refractivity contribution in [1.82, 2.24) is 9.97 Å². The summed E-state index contributed by atoms with van der Waals surface area (Å²) in [6.07, 6.45) is 1.65.